The monoisotopic (exact) mass is 368 g/mol. The number of nitrogens with zero attached hydrogens (tertiary/aromatic N) is 2. The first-order valence-electron chi connectivity index (χ1n) is 8.16. The summed E-state index contributed by atoms with van der Waals surface area (Å²) >= 11 is 0. The first-order valence-corrected chi connectivity index (χ1v) is 9.99. The Hall–Kier alpha value is -1.77. The fourth-order valence-corrected chi connectivity index (χ4v) is 5.63. The van der Waals surface area contributed by atoms with Gasteiger partial charge in [0.1, 0.15) is 5.82 Å². The molecule has 0 bridgehead atoms. The van der Waals surface area contributed by atoms with Gasteiger partial charge in [0.2, 0.25) is 0 Å². The minimum absolute atomic E-state index is 0.0170. The Morgan fingerprint density at radius 3 is 2.40 bits per heavy atom. The lowest BCUT2D eigenvalue weighted by Gasteiger charge is -2.42. The molecule has 6 nitrogen and oxygen atoms in total. The number of carboxylic acid groups (broad SMARTS) is 1. The minimum atomic E-state index is -3.15. The molecule has 25 heavy (non-hydrogen) atoms. The van der Waals surface area contributed by atoms with E-state index in [0.29, 0.717) is 19.6 Å². The molecule has 2 heterocycles. The Morgan fingerprint density at radius 1 is 1.16 bits per heavy atom. The second-order valence-electron chi connectivity index (χ2n) is 6.52. The van der Waals surface area contributed by atoms with Crippen LogP contribution in [0.3, 0.4) is 0 Å². The third-order valence-corrected chi connectivity index (χ3v) is 6.46. The van der Waals surface area contributed by atoms with Gasteiger partial charge in [-0.05, 0) is 17.7 Å². The van der Waals surface area contributed by atoms with E-state index < -0.39 is 15.8 Å². The van der Waals surface area contributed by atoms with Crippen molar-refractivity contribution in [3.05, 3.63) is 41.7 Å². The highest BCUT2D eigenvalue weighted by Gasteiger charge is 2.46. The fraction of sp³-hybridized carbons (Fsp3) is 0.471. The molecule has 1 aromatic rings. The van der Waals surface area contributed by atoms with Crippen molar-refractivity contribution in [1.29, 1.82) is 0 Å². The van der Waals surface area contributed by atoms with Gasteiger partial charge in [-0.1, -0.05) is 24.3 Å². The van der Waals surface area contributed by atoms with Crippen LogP contribution in [0, 0.1) is 5.82 Å². The number of hydrogen-bond acceptors (Lipinski definition) is 5. The fourth-order valence-electron chi connectivity index (χ4n) is 3.59. The SMILES string of the molecule is O=C(O)CN1CCN(C/C=C/c2ccc(F)cc2)[C@@H]2CS(=O)(=O)C[C@@H]21. The van der Waals surface area contributed by atoms with Gasteiger partial charge in [0.25, 0.3) is 0 Å². The second-order valence-corrected chi connectivity index (χ2v) is 8.68. The molecule has 8 heteroatoms. The lowest BCUT2D eigenvalue weighted by Crippen LogP contribution is -2.59. The Kier molecular flexibility index (Phi) is 5.21. The number of carbonyl (C=O) groups is 1. The van der Waals surface area contributed by atoms with E-state index in [-0.39, 0.29) is 36.0 Å². The van der Waals surface area contributed by atoms with E-state index in [4.69, 9.17) is 5.11 Å². The van der Waals surface area contributed by atoms with Crippen molar-refractivity contribution in [3.63, 3.8) is 0 Å². The molecule has 1 N–H and O–H groups in total. The molecule has 2 atom stereocenters. The van der Waals surface area contributed by atoms with Crippen LogP contribution in [0.25, 0.3) is 6.08 Å². The van der Waals surface area contributed by atoms with Crippen LogP contribution in [-0.2, 0) is 14.6 Å². The van der Waals surface area contributed by atoms with Crippen LogP contribution in [0.5, 0.6) is 0 Å². The van der Waals surface area contributed by atoms with Crippen molar-refractivity contribution in [3.8, 4) is 0 Å². The summed E-state index contributed by atoms with van der Waals surface area (Å²) in [6.07, 6.45) is 3.81. The van der Waals surface area contributed by atoms with E-state index in [1.165, 1.54) is 12.1 Å². The predicted molar refractivity (Wildman–Crippen MR) is 92.4 cm³/mol. The number of aliphatic carboxylic acids is 1. The Balaban J connectivity index is 1.68. The zero-order valence-corrected chi connectivity index (χ0v) is 14.5. The molecule has 0 spiro atoms. The van der Waals surface area contributed by atoms with Crippen LogP contribution in [0.1, 0.15) is 5.56 Å². The highest BCUT2D eigenvalue weighted by atomic mass is 32.2. The molecule has 2 saturated heterocycles. The van der Waals surface area contributed by atoms with Gasteiger partial charge >= 0.3 is 5.97 Å². The molecule has 1 aromatic carbocycles. The number of carboxylic acids is 1. The van der Waals surface area contributed by atoms with Gasteiger partial charge in [-0.25, -0.2) is 12.8 Å². The van der Waals surface area contributed by atoms with Gasteiger partial charge in [-0.2, -0.15) is 0 Å². The molecule has 0 aliphatic carbocycles. The molecule has 2 fully saturated rings. The summed E-state index contributed by atoms with van der Waals surface area (Å²) in [7, 11) is -3.15. The molecule has 2 aliphatic heterocycles. The lowest BCUT2D eigenvalue weighted by molar-refractivity contribution is -0.139. The van der Waals surface area contributed by atoms with E-state index in [1.807, 2.05) is 12.2 Å². The maximum absolute atomic E-state index is 12.9. The summed E-state index contributed by atoms with van der Waals surface area (Å²) in [5, 5.41) is 9.03. The van der Waals surface area contributed by atoms with Gasteiger partial charge in [0, 0.05) is 31.7 Å². The largest absolute Gasteiger partial charge is 0.480 e. The summed E-state index contributed by atoms with van der Waals surface area (Å²) in [5.74, 6) is -1.14. The van der Waals surface area contributed by atoms with Gasteiger partial charge in [0.15, 0.2) is 9.84 Å². The highest BCUT2D eigenvalue weighted by molar-refractivity contribution is 7.91. The van der Waals surface area contributed by atoms with E-state index in [1.54, 1.807) is 17.0 Å². The maximum Gasteiger partial charge on any atom is 0.317 e. The zero-order valence-electron chi connectivity index (χ0n) is 13.7. The Morgan fingerprint density at radius 2 is 1.76 bits per heavy atom. The first kappa shape index (κ1) is 18.0. The molecular weight excluding hydrogens is 347 g/mol. The summed E-state index contributed by atoms with van der Waals surface area (Å²) in [6.45, 7) is 1.61. The number of rotatable bonds is 5. The van der Waals surface area contributed by atoms with Crippen LogP contribution >= 0.6 is 0 Å². The Labute approximate surface area is 146 Å². The van der Waals surface area contributed by atoms with Crippen LogP contribution < -0.4 is 0 Å². The average molecular weight is 368 g/mol. The maximum atomic E-state index is 12.9. The molecule has 0 amide bonds. The van der Waals surface area contributed by atoms with Gasteiger partial charge in [-0.3, -0.25) is 14.6 Å². The average Bonchev–Trinajstić information content (AvgIpc) is 2.86. The Bertz CT molecular complexity index is 763. The first-order chi connectivity index (χ1) is 11.8. The van der Waals surface area contributed by atoms with Crippen molar-refractivity contribution in [2.24, 2.45) is 0 Å². The van der Waals surface area contributed by atoms with Crippen LogP contribution in [0.4, 0.5) is 4.39 Å². The summed E-state index contributed by atoms with van der Waals surface area (Å²) in [5.41, 5.74) is 0.876. The van der Waals surface area contributed by atoms with Crippen LogP contribution in [0.2, 0.25) is 0 Å². The van der Waals surface area contributed by atoms with Crippen molar-refractivity contribution < 1.29 is 22.7 Å². The van der Waals surface area contributed by atoms with Crippen LogP contribution in [-0.4, -0.2) is 79.1 Å². The lowest BCUT2D eigenvalue weighted by atomic mass is 10.0. The third-order valence-electron chi connectivity index (χ3n) is 4.76. The number of fused-ring (bicyclic) bond motifs is 1. The minimum Gasteiger partial charge on any atom is -0.480 e. The molecule has 2 aliphatic rings. The molecule has 0 radical (unpaired) electrons. The number of sulfone groups is 1. The summed E-state index contributed by atoms with van der Waals surface area (Å²) < 4.78 is 37.0. The summed E-state index contributed by atoms with van der Waals surface area (Å²) in [4.78, 5) is 14.9. The smallest absolute Gasteiger partial charge is 0.317 e. The van der Waals surface area contributed by atoms with Crippen molar-refractivity contribution in [2.75, 3.05) is 37.7 Å². The van der Waals surface area contributed by atoms with Gasteiger partial charge < -0.3 is 5.11 Å². The van der Waals surface area contributed by atoms with Crippen LogP contribution in [0.15, 0.2) is 30.3 Å². The standard InChI is InChI=1S/C17H21FN2O4S/c18-14-5-3-13(4-6-14)2-1-7-19-8-9-20(10-17(21)22)16-12-25(23,24)11-15(16)19/h1-6,15-16H,7-12H2,(H,21,22)/b2-1+/t15-,16+/m1/s1. The van der Waals surface area contributed by atoms with Crippen molar-refractivity contribution in [1.82, 2.24) is 9.80 Å². The molecule has 0 aromatic heterocycles. The number of halogens is 1. The number of hydrogen-bond donors (Lipinski definition) is 1. The van der Waals surface area contributed by atoms with E-state index in [9.17, 15) is 17.6 Å². The molecule has 0 unspecified atom stereocenters. The number of benzene rings is 1. The van der Waals surface area contributed by atoms with E-state index in [2.05, 4.69) is 4.90 Å². The molecule has 0 saturated carbocycles. The normalized spacial score (nSPS) is 26.8. The van der Waals surface area contributed by atoms with Crippen molar-refractivity contribution in [2.45, 2.75) is 12.1 Å². The topological polar surface area (TPSA) is 77.9 Å². The van der Waals surface area contributed by atoms with E-state index in [0.717, 1.165) is 5.56 Å². The second kappa shape index (κ2) is 7.23. The number of piperazine rings is 1. The zero-order chi connectivity index (χ0) is 18.0. The van der Waals surface area contributed by atoms with Crippen molar-refractivity contribution >= 4 is 21.9 Å². The van der Waals surface area contributed by atoms with E-state index >= 15 is 0 Å². The predicted octanol–water partition coefficient (Wildman–Crippen LogP) is 0.707. The molecule has 3 rings (SSSR count). The van der Waals surface area contributed by atoms with Gasteiger partial charge in [-0.15, -0.1) is 0 Å². The highest BCUT2D eigenvalue weighted by Crippen LogP contribution is 2.26. The molecular formula is C17H21FN2O4S. The van der Waals surface area contributed by atoms with Gasteiger partial charge in [0.05, 0.1) is 18.1 Å². The quantitative estimate of drug-likeness (QED) is 0.825. The molecule has 136 valence electrons. The summed E-state index contributed by atoms with van der Waals surface area (Å²) in [6, 6.07) is 5.69. The third kappa shape index (κ3) is 4.45.